The van der Waals surface area contributed by atoms with Crippen molar-refractivity contribution in [2.45, 2.75) is 94.0 Å². The summed E-state index contributed by atoms with van der Waals surface area (Å²) in [7, 11) is 0. The second-order valence-corrected chi connectivity index (χ2v) is 8.78. The standard InChI is InChI=1S/C22H35N3O.C2H6/c1-8-13-22(6,7)14-20(26)24-21-23-18-11-9-17(15(2)3)10-12-19(18)25(21)16(4)5;1-2/h9,11-12,15-16H,8,10,13-14H2,1-7H3,(H,23,24,26);1-2H3. The van der Waals surface area contributed by atoms with E-state index in [0.717, 1.165) is 30.0 Å². The first-order valence-corrected chi connectivity index (χ1v) is 10.9. The van der Waals surface area contributed by atoms with Crippen molar-refractivity contribution in [1.29, 1.82) is 0 Å². The Kier molecular flexibility index (Phi) is 9.19. The van der Waals surface area contributed by atoms with Crippen LogP contribution < -0.4 is 16.0 Å². The fourth-order valence-electron chi connectivity index (χ4n) is 3.66. The van der Waals surface area contributed by atoms with Gasteiger partial charge in [0.05, 0.1) is 10.7 Å². The lowest BCUT2D eigenvalue weighted by atomic mass is 9.84. The van der Waals surface area contributed by atoms with Crippen LogP contribution in [0.15, 0.2) is 11.6 Å². The molecule has 0 atom stereocenters. The summed E-state index contributed by atoms with van der Waals surface area (Å²) in [5, 5.41) is 5.12. The molecule has 158 valence electrons. The van der Waals surface area contributed by atoms with Crippen LogP contribution in [-0.4, -0.2) is 15.5 Å². The molecular formula is C24H41N3O. The van der Waals surface area contributed by atoms with Crippen molar-refractivity contribution >= 4 is 24.0 Å². The van der Waals surface area contributed by atoms with Crippen molar-refractivity contribution in [1.82, 2.24) is 9.55 Å². The molecule has 4 nitrogen and oxygen atoms in total. The lowest BCUT2D eigenvalue weighted by Crippen LogP contribution is -2.31. The summed E-state index contributed by atoms with van der Waals surface area (Å²) in [4.78, 5) is 17.3. The predicted octanol–water partition coefficient (Wildman–Crippen LogP) is 5.19. The van der Waals surface area contributed by atoms with Crippen LogP contribution in [-0.2, 0) is 4.79 Å². The Hall–Kier alpha value is -1.84. The fraction of sp³-hybridized carbons (Fsp3) is 0.667. The van der Waals surface area contributed by atoms with E-state index in [1.807, 2.05) is 13.8 Å². The van der Waals surface area contributed by atoms with Gasteiger partial charge in [-0.25, -0.2) is 4.98 Å². The van der Waals surface area contributed by atoms with Gasteiger partial charge in [0.15, 0.2) is 0 Å². The van der Waals surface area contributed by atoms with E-state index in [4.69, 9.17) is 4.98 Å². The van der Waals surface area contributed by atoms with E-state index in [0.29, 0.717) is 18.3 Å². The Morgan fingerprint density at radius 1 is 1.21 bits per heavy atom. The van der Waals surface area contributed by atoms with Gasteiger partial charge in [0.1, 0.15) is 0 Å². The van der Waals surface area contributed by atoms with E-state index in [9.17, 15) is 4.79 Å². The number of hydrogen-bond donors (Lipinski definition) is 1. The van der Waals surface area contributed by atoms with Crippen LogP contribution in [0.25, 0.3) is 12.2 Å². The van der Waals surface area contributed by atoms with E-state index in [-0.39, 0.29) is 17.4 Å². The highest BCUT2D eigenvalue weighted by molar-refractivity contribution is 5.89. The van der Waals surface area contributed by atoms with Gasteiger partial charge in [-0.2, -0.15) is 0 Å². The Bertz CT molecular complexity index is 795. The molecule has 0 saturated heterocycles. The summed E-state index contributed by atoms with van der Waals surface area (Å²) in [6.45, 7) is 19.2. The molecule has 0 aromatic carbocycles. The molecule has 1 N–H and O–H groups in total. The van der Waals surface area contributed by atoms with E-state index >= 15 is 0 Å². The molecule has 1 heterocycles. The zero-order chi connectivity index (χ0) is 21.5. The zero-order valence-corrected chi connectivity index (χ0v) is 19.5. The molecule has 1 aliphatic rings. The number of hydrogen-bond acceptors (Lipinski definition) is 2. The number of imidazole rings is 1. The number of nitrogens with zero attached hydrogens (tertiary/aromatic N) is 2. The van der Waals surface area contributed by atoms with Crippen LogP contribution in [0.3, 0.4) is 0 Å². The van der Waals surface area contributed by atoms with Crippen LogP contribution in [0.5, 0.6) is 0 Å². The number of nitrogens with one attached hydrogen (secondary N) is 1. The maximum absolute atomic E-state index is 12.6. The first kappa shape index (κ1) is 24.2. The van der Waals surface area contributed by atoms with Gasteiger partial charge in [-0.3, -0.25) is 10.1 Å². The molecule has 1 aliphatic carbocycles. The summed E-state index contributed by atoms with van der Waals surface area (Å²) in [6.07, 6.45) is 10.1. The van der Waals surface area contributed by atoms with E-state index in [1.54, 1.807) is 0 Å². The maximum atomic E-state index is 12.6. The van der Waals surface area contributed by atoms with Crippen molar-refractivity contribution < 1.29 is 4.79 Å². The van der Waals surface area contributed by atoms with Crippen LogP contribution >= 0.6 is 0 Å². The minimum Gasteiger partial charge on any atom is -0.308 e. The Balaban J connectivity index is 0.00000190. The number of amides is 1. The van der Waals surface area contributed by atoms with E-state index < -0.39 is 0 Å². The number of rotatable bonds is 7. The number of carbonyl (C=O) groups excluding carboxylic acids is 1. The van der Waals surface area contributed by atoms with Crippen LogP contribution in [0, 0.1) is 11.3 Å². The van der Waals surface area contributed by atoms with Crippen LogP contribution in [0.4, 0.5) is 5.95 Å². The third-order valence-corrected chi connectivity index (χ3v) is 5.04. The second-order valence-electron chi connectivity index (χ2n) is 8.78. The summed E-state index contributed by atoms with van der Waals surface area (Å²) >= 11 is 0. The SMILES string of the molecule is CC.CCCC(C)(C)CC(=O)Nc1nc2c(n1C(C)C)=CCC(C(C)C)=CC=2. The molecule has 2 rings (SSSR count). The topological polar surface area (TPSA) is 46.9 Å². The molecule has 0 fully saturated rings. The Morgan fingerprint density at radius 3 is 2.39 bits per heavy atom. The molecule has 0 spiro atoms. The quantitative estimate of drug-likeness (QED) is 0.699. The number of fused-ring (bicyclic) bond motifs is 1. The average molecular weight is 388 g/mol. The van der Waals surface area contributed by atoms with Gasteiger partial charge in [-0.05, 0) is 44.1 Å². The third-order valence-electron chi connectivity index (χ3n) is 5.04. The van der Waals surface area contributed by atoms with Crippen LogP contribution in [0.1, 0.15) is 94.0 Å². The highest BCUT2D eigenvalue weighted by Crippen LogP contribution is 2.27. The number of anilines is 1. The molecule has 1 aromatic heterocycles. The number of allylic oxidation sites excluding steroid dienone is 2. The Labute approximate surface area is 171 Å². The summed E-state index contributed by atoms with van der Waals surface area (Å²) < 4.78 is 2.15. The van der Waals surface area contributed by atoms with Gasteiger partial charge in [0.2, 0.25) is 11.9 Å². The molecule has 0 saturated carbocycles. The predicted molar refractivity (Wildman–Crippen MR) is 122 cm³/mol. The third kappa shape index (κ3) is 6.35. The van der Waals surface area contributed by atoms with Gasteiger partial charge < -0.3 is 4.57 Å². The van der Waals surface area contributed by atoms with E-state index in [1.165, 1.54) is 5.57 Å². The highest BCUT2D eigenvalue weighted by Gasteiger charge is 2.22. The first-order valence-electron chi connectivity index (χ1n) is 10.9. The number of aromatic nitrogens is 2. The zero-order valence-electron chi connectivity index (χ0n) is 19.5. The molecular weight excluding hydrogens is 346 g/mol. The largest absolute Gasteiger partial charge is 0.308 e. The lowest BCUT2D eigenvalue weighted by Gasteiger charge is -2.23. The van der Waals surface area contributed by atoms with Gasteiger partial charge in [0, 0.05) is 12.5 Å². The smallest absolute Gasteiger partial charge is 0.227 e. The average Bonchev–Trinajstić information content (AvgIpc) is 2.79. The monoisotopic (exact) mass is 387 g/mol. The van der Waals surface area contributed by atoms with Gasteiger partial charge in [0.25, 0.3) is 0 Å². The molecule has 1 aromatic rings. The first-order chi connectivity index (χ1) is 13.1. The van der Waals surface area contributed by atoms with Gasteiger partial charge in [-0.15, -0.1) is 0 Å². The molecule has 1 amide bonds. The minimum atomic E-state index is 0.0122. The van der Waals surface area contributed by atoms with Gasteiger partial charge in [-0.1, -0.05) is 72.6 Å². The van der Waals surface area contributed by atoms with Crippen molar-refractivity contribution in [3.8, 4) is 0 Å². The summed E-state index contributed by atoms with van der Waals surface area (Å²) in [5.74, 6) is 1.24. The molecule has 0 radical (unpaired) electrons. The molecule has 0 aliphatic heterocycles. The highest BCUT2D eigenvalue weighted by atomic mass is 16.1. The molecule has 0 bridgehead atoms. The van der Waals surface area contributed by atoms with Crippen molar-refractivity contribution in [3.05, 3.63) is 22.3 Å². The summed E-state index contributed by atoms with van der Waals surface area (Å²) in [5.41, 5.74) is 1.42. The van der Waals surface area contributed by atoms with Crippen LogP contribution in [0.2, 0.25) is 0 Å². The number of carbonyl (C=O) groups is 1. The molecule has 4 heteroatoms. The Morgan fingerprint density at radius 2 is 1.86 bits per heavy atom. The van der Waals surface area contributed by atoms with Crippen molar-refractivity contribution in [2.75, 3.05) is 5.32 Å². The maximum Gasteiger partial charge on any atom is 0.227 e. The van der Waals surface area contributed by atoms with Gasteiger partial charge >= 0.3 is 0 Å². The lowest BCUT2D eigenvalue weighted by molar-refractivity contribution is -0.118. The second kappa shape index (κ2) is 10.6. The van der Waals surface area contributed by atoms with E-state index in [2.05, 4.69) is 76.6 Å². The van der Waals surface area contributed by atoms with Crippen molar-refractivity contribution in [2.24, 2.45) is 11.3 Å². The normalized spacial score (nSPS) is 13.6. The minimum absolute atomic E-state index is 0.0122. The summed E-state index contributed by atoms with van der Waals surface area (Å²) in [6, 6.07) is 0.232. The molecule has 0 unspecified atom stereocenters. The van der Waals surface area contributed by atoms with Crippen molar-refractivity contribution in [3.63, 3.8) is 0 Å². The fourth-order valence-corrected chi connectivity index (χ4v) is 3.66. The molecule has 28 heavy (non-hydrogen) atoms.